The van der Waals surface area contributed by atoms with E-state index in [0.29, 0.717) is 11.8 Å². The van der Waals surface area contributed by atoms with Crippen molar-refractivity contribution < 1.29 is 19.4 Å². The number of nitrogens with zero attached hydrogens (tertiary/aromatic N) is 1. The number of aryl methyl sites for hydroxylation is 1. The van der Waals surface area contributed by atoms with Crippen molar-refractivity contribution in [2.24, 2.45) is 11.8 Å². The number of carbonyl (C=O) groups is 2. The van der Waals surface area contributed by atoms with Crippen LogP contribution in [0.25, 0.3) is 6.08 Å². The maximum Gasteiger partial charge on any atom is 0.328 e. The molecule has 2 saturated carbocycles. The third-order valence-corrected chi connectivity index (χ3v) is 8.00. The third kappa shape index (κ3) is 6.57. The minimum Gasteiger partial charge on any atom is -0.496 e. The molecular weight excluding hydrogens is 450 g/mol. The second-order valence-electron chi connectivity index (χ2n) is 10.5. The number of carbonyl (C=O) groups excluding carboxylic acids is 1. The summed E-state index contributed by atoms with van der Waals surface area (Å²) >= 11 is 0. The van der Waals surface area contributed by atoms with Crippen LogP contribution in [0.4, 0.5) is 5.69 Å². The van der Waals surface area contributed by atoms with Crippen molar-refractivity contribution in [1.29, 1.82) is 0 Å². The number of anilines is 1. The number of methoxy groups -OCH3 is 1. The Morgan fingerprint density at radius 1 is 1.00 bits per heavy atom. The Bertz CT molecular complexity index is 1080. The summed E-state index contributed by atoms with van der Waals surface area (Å²) < 4.78 is 5.43. The van der Waals surface area contributed by atoms with Gasteiger partial charge in [0.05, 0.1) is 7.11 Å². The van der Waals surface area contributed by atoms with Crippen molar-refractivity contribution in [2.45, 2.75) is 70.6 Å². The van der Waals surface area contributed by atoms with Crippen molar-refractivity contribution in [3.8, 4) is 5.75 Å². The van der Waals surface area contributed by atoms with Gasteiger partial charge in [-0.05, 0) is 98.2 Å². The summed E-state index contributed by atoms with van der Waals surface area (Å²) in [6.45, 7) is 2.83. The van der Waals surface area contributed by atoms with E-state index in [4.69, 9.17) is 9.84 Å². The molecule has 2 aliphatic carbocycles. The molecule has 0 radical (unpaired) electrons. The van der Waals surface area contributed by atoms with Gasteiger partial charge in [0.25, 0.3) is 0 Å². The van der Waals surface area contributed by atoms with E-state index in [1.54, 1.807) is 13.2 Å². The van der Waals surface area contributed by atoms with E-state index < -0.39 is 5.97 Å². The van der Waals surface area contributed by atoms with Crippen LogP contribution < -0.4 is 9.64 Å². The van der Waals surface area contributed by atoms with Crippen LogP contribution in [0.5, 0.6) is 5.75 Å². The number of amides is 1. The van der Waals surface area contributed by atoms with E-state index in [1.165, 1.54) is 17.5 Å². The first-order valence-corrected chi connectivity index (χ1v) is 13.4. The number of carboxylic acid groups (broad SMARTS) is 1. The van der Waals surface area contributed by atoms with Crippen LogP contribution in [0.2, 0.25) is 0 Å². The third-order valence-electron chi connectivity index (χ3n) is 8.00. The highest BCUT2D eigenvalue weighted by atomic mass is 16.5. The van der Waals surface area contributed by atoms with Crippen LogP contribution in [0.15, 0.2) is 48.5 Å². The molecule has 0 aliphatic heterocycles. The average molecular weight is 490 g/mol. The lowest BCUT2D eigenvalue weighted by Crippen LogP contribution is -2.41. The van der Waals surface area contributed by atoms with Crippen molar-refractivity contribution in [1.82, 2.24) is 0 Å². The lowest BCUT2D eigenvalue weighted by atomic mass is 9.78. The molecular formula is C31H39NO4. The predicted molar refractivity (Wildman–Crippen MR) is 144 cm³/mol. The van der Waals surface area contributed by atoms with Gasteiger partial charge in [-0.2, -0.15) is 0 Å². The topological polar surface area (TPSA) is 66.8 Å². The number of carboxylic acids is 1. The van der Waals surface area contributed by atoms with Crippen LogP contribution >= 0.6 is 0 Å². The maximum atomic E-state index is 13.7. The molecule has 5 heteroatoms. The van der Waals surface area contributed by atoms with Crippen LogP contribution in [-0.4, -0.2) is 30.6 Å². The van der Waals surface area contributed by atoms with Crippen molar-refractivity contribution >= 4 is 23.6 Å². The highest BCUT2D eigenvalue weighted by molar-refractivity contribution is 5.95. The normalized spacial score (nSPS) is 20.8. The minimum absolute atomic E-state index is 0.0931. The quantitative estimate of drug-likeness (QED) is 0.406. The van der Waals surface area contributed by atoms with Gasteiger partial charge in [0.1, 0.15) is 5.75 Å². The maximum absolute atomic E-state index is 13.7. The van der Waals surface area contributed by atoms with Crippen LogP contribution in [0.1, 0.15) is 80.4 Å². The monoisotopic (exact) mass is 489 g/mol. The first kappa shape index (κ1) is 26.0. The Hall–Kier alpha value is -3.08. The zero-order chi connectivity index (χ0) is 25.5. The summed E-state index contributed by atoms with van der Waals surface area (Å²) in [4.78, 5) is 26.7. The van der Waals surface area contributed by atoms with Gasteiger partial charge in [0, 0.05) is 24.2 Å². The lowest BCUT2D eigenvalue weighted by Gasteiger charge is -2.35. The summed E-state index contributed by atoms with van der Waals surface area (Å²) in [6, 6.07) is 14.3. The predicted octanol–water partition coefficient (Wildman–Crippen LogP) is 6.99. The van der Waals surface area contributed by atoms with E-state index in [-0.39, 0.29) is 11.8 Å². The first-order valence-electron chi connectivity index (χ1n) is 13.4. The fourth-order valence-corrected chi connectivity index (χ4v) is 5.95. The molecule has 0 aromatic heterocycles. The summed E-state index contributed by atoms with van der Waals surface area (Å²) in [5, 5.41) is 9.02. The number of rotatable bonds is 8. The van der Waals surface area contributed by atoms with Gasteiger partial charge in [-0.1, -0.05) is 43.5 Å². The lowest BCUT2D eigenvalue weighted by molar-refractivity contribution is -0.131. The van der Waals surface area contributed by atoms with E-state index in [1.807, 2.05) is 29.2 Å². The molecule has 2 aromatic carbocycles. The average Bonchev–Trinajstić information content (AvgIpc) is 2.91. The zero-order valence-corrected chi connectivity index (χ0v) is 21.6. The minimum atomic E-state index is -0.973. The molecule has 5 nitrogen and oxygen atoms in total. The SMILES string of the molecule is COc1ccc([C@H]2CC[C@H](CN(C(=O)C3CCCCC3)c3cccc(/C=C/C(=O)O)c3)CC2)cc1C. The van der Waals surface area contributed by atoms with Gasteiger partial charge in [-0.15, -0.1) is 0 Å². The molecule has 0 bridgehead atoms. The number of hydrogen-bond acceptors (Lipinski definition) is 3. The first-order chi connectivity index (χ1) is 17.4. The molecule has 2 aromatic rings. The van der Waals surface area contributed by atoms with Gasteiger partial charge >= 0.3 is 5.97 Å². The van der Waals surface area contributed by atoms with E-state index in [9.17, 15) is 9.59 Å². The number of aliphatic carboxylic acids is 1. The van der Waals surface area contributed by atoms with E-state index >= 15 is 0 Å². The highest BCUT2D eigenvalue weighted by Crippen LogP contribution is 2.38. The molecule has 0 atom stereocenters. The zero-order valence-electron chi connectivity index (χ0n) is 21.6. The molecule has 2 fully saturated rings. The standard InChI is InChI=1S/C31H39NO4/c1-22-19-27(16-17-29(22)36-2)25-14-11-24(12-15-25)21-32(31(35)26-8-4-3-5-9-26)28-10-6-7-23(20-28)13-18-30(33)34/h6-7,10,13,16-20,24-26H,3-5,8-9,11-12,14-15,21H2,1-2H3,(H,33,34)/b18-13+/t24-,25-. The summed E-state index contributed by atoms with van der Waals surface area (Å²) in [7, 11) is 1.71. The fourth-order valence-electron chi connectivity index (χ4n) is 5.95. The van der Waals surface area contributed by atoms with Crippen molar-refractivity contribution in [3.63, 3.8) is 0 Å². The molecule has 1 N–H and O–H groups in total. The molecule has 0 heterocycles. The Kier molecular flexibility index (Phi) is 8.84. The molecule has 0 saturated heterocycles. The Balaban J connectivity index is 1.48. The van der Waals surface area contributed by atoms with Crippen molar-refractivity contribution in [2.75, 3.05) is 18.6 Å². The molecule has 36 heavy (non-hydrogen) atoms. The Morgan fingerprint density at radius 3 is 2.42 bits per heavy atom. The highest BCUT2D eigenvalue weighted by Gasteiger charge is 2.31. The van der Waals surface area contributed by atoms with E-state index in [0.717, 1.165) is 81.0 Å². The second kappa shape index (κ2) is 12.2. The molecule has 2 aliphatic rings. The van der Waals surface area contributed by atoms with Gasteiger partial charge < -0.3 is 14.7 Å². The largest absolute Gasteiger partial charge is 0.496 e. The Morgan fingerprint density at radius 2 is 1.75 bits per heavy atom. The molecule has 192 valence electrons. The van der Waals surface area contributed by atoms with Crippen LogP contribution in [0.3, 0.4) is 0 Å². The van der Waals surface area contributed by atoms with Crippen LogP contribution in [0, 0.1) is 18.8 Å². The van der Waals surface area contributed by atoms with Gasteiger partial charge in [0.2, 0.25) is 5.91 Å². The second-order valence-corrected chi connectivity index (χ2v) is 10.5. The number of benzene rings is 2. The van der Waals surface area contributed by atoms with E-state index in [2.05, 4.69) is 25.1 Å². The molecule has 0 unspecified atom stereocenters. The molecule has 1 amide bonds. The van der Waals surface area contributed by atoms with Crippen molar-refractivity contribution in [3.05, 3.63) is 65.2 Å². The number of hydrogen-bond donors (Lipinski definition) is 1. The molecule has 4 rings (SSSR count). The summed E-state index contributed by atoms with van der Waals surface area (Å²) in [6.07, 6.45) is 12.6. The smallest absolute Gasteiger partial charge is 0.328 e. The number of ether oxygens (including phenoxy) is 1. The van der Waals surface area contributed by atoms with Gasteiger partial charge in [-0.3, -0.25) is 4.79 Å². The fraction of sp³-hybridized carbons (Fsp3) is 0.484. The Labute approximate surface area is 215 Å². The van der Waals surface area contributed by atoms with Crippen LogP contribution in [-0.2, 0) is 9.59 Å². The van der Waals surface area contributed by atoms with Gasteiger partial charge in [0.15, 0.2) is 0 Å². The summed E-state index contributed by atoms with van der Waals surface area (Å²) in [5.74, 6) is 1.31. The summed E-state index contributed by atoms with van der Waals surface area (Å²) in [5.41, 5.74) is 4.25. The molecule has 0 spiro atoms. The van der Waals surface area contributed by atoms with Gasteiger partial charge in [-0.25, -0.2) is 4.79 Å².